The SMILES string of the molecule is CC(C)c1nc(NC2CCCCC2)cc(N2CCc3cc([C@H](C)O)ccc3C2)n1. The van der Waals surface area contributed by atoms with E-state index in [-0.39, 0.29) is 0 Å². The fourth-order valence-electron chi connectivity index (χ4n) is 4.43. The van der Waals surface area contributed by atoms with Gasteiger partial charge in [-0.25, -0.2) is 9.97 Å². The van der Waals surface area contributed by atoms with Gasteiger partial charge in [0.1, 0.15) is 17.5 Å². The van der Waals surface area contributed by atoms with Crippen LogP contribution in [0, 0.1) is 0 Å². The van der Waals surface area contributed by atoms with Crippen LogP contribution in [0.4, 0.5) is 11.6 Å². The monoisotopic (exact) mass is 394 g/mol. The molecule has 2 aliphatic rings. The number of nitrogens with one attached hydrogen (secondary N) is 1. The molecule has 1 aromatic heterocycles. The Bertz CT molecular complexity index is 843. The van der Waals surface area contributed by atoms with Gasteiger partial charge in [0.25, 0.3) is 0 Å². The zero-order valence-corrected chi connectivity index (χ0v) is 18.0. The summed E-state index contributed by atoms with van der Waals surface area (Å²) >= 11 is 0. The van der Waals surface area contributed by atoms with E-state index in [1.54, 1.807) is 0 Å². The molecular weight excluding hydrogens is 360 g/mol. The van der Waals surface area contributed by atoms with E-state index in [0.29, 0.717) is 12.0 Å². The number of aliphatic hydroxyl groups is 1. The lowest BCUT2D eigenvalue weighted by molar-refractivity contribution is 0.199. The van der Waals surface area contributed by atoms with E-state index in [2.05, 4.69) is 42.3 Å². The molecule has 1 saturated carbocycles. The number of aliphatic hydroxyl groups excluding tert-OH is 1. The standard InChI is InChI=1S/C24H34N4O/c1-16(2)24-26-22(25-21-7-5-4-6-8-21)14-23(27-24)28-12-11-19-13-18(17(3)29)9-10-20(19)15-28/h9-10,13-14,16-17,21,29H,4-8,11-12,15H2,1-3H3,(H,25,26,27)/t17-/m0/s1. The fourth-order valence-corrected chi connectivity index (χ4v) is 4.43. The molecule has 29 heavy (non-hydrogen) atoms. The van der Waals surface area contributed by atoms with Crippen molar-refractivity contribution in [2.75, 3.05) is 16.8 Å². The molecule has 2 aromatic rings. The largest absolute Gasteiger partial charge is 0.389 e. The molecule has 1 aromatic carbocycles. The second kappa shape index (κ2) is 8.70. The van der Waals surface area contributed by atoms with E-state index in [1.807, 2.05) is 13.0 Å². The van der Waals surface area contributed by atoms with Gasteiger partial charge in [-0.2, -0.15) is 0 Å². The lowest BCUT2D eigenvalue weighted by atomic mass is 9.95. The number of hydrogen-bond acceptors (Lipinski definition) is 5. The Hall–Kier alpha value is -2.14. The highest BCUT2D eigenvalue weighted by Gasteiger charge is 2.21. The van der Waals surface area contributed by atoms with Crippen LogP contribution in [-0.4, -0.2) is 27.7 Å². The summed E-state index contributed by atoms with van der Waals surface area (Å²) in [6, 6.07) is 9.04. The average molecular weight is 395 g/mol. The molecule has 0 unspecified atom stereocenters. The number of rotatable bonds is 5. The van der Waals surface area contributed by atoms with Gasteiger partial charge >= 0.3 is 0 Å². The topological polar surface area (TPSA) is 61.3 Å². The Balaban J connectivity index is 1.57. The summed E-state index contributed by atoms with van der Waals surface area (Å²) in [6.07, 6.45) is 7.00. The zero-order valence-electron chi connectivity index (χ0n) is 18.0. The fraction of sp³-hybridized carbons (Fsp3) is 0.583. The first kappa shape index (κ1) is 20.1. The average Bonchev–Trinajstić information content (AvgIpc) is 2.73. The van der Waals surface area contributed by atoms with Crippen LogP contribution in [0.25, 0.3) is 0 Å². The van der Waals surface area contributed by atoms with Crippen molar-refractivity contribution in [1.82, 2.24) is 9.97 Å². The van der Waals surface area contributed by atoms with Crippen LogP contribution in [0.2, 0.25) is 0 Å². The van der Waals surface area contributed by atoms with E-state index in [9.17, 15) is 5.11 Å². The normalized spacial score (nSPS) is 18.6. The van der Waals surface area contributed by atoms with Crippen LogP contribution >= 0.6 is 0 Å². The first-order valence-electron chi connectivity index (χ1n) is 11.2. The second-order valence-electron chi connectivity index (χ2n) is 8.98. The van der Waals surface area contributed by atoms with Gasteiger partial charge in [-0.15, -0.1) is 0 Å². The van der Waals surface area contributed by atoms with Crippen LogP contribution in [-0.2, 0) is 13.0 Å². The lowest BCUT2D eigenvalue weighted by Gasteiger charge is -2.31. The summed E-state index contributed by atoms with van der Waals surface area (Å²) < 4.78 is 0. The number of fused-ring (bicyclic) bond motifs is 1. The minimum absolute atomic E-state index is 0.299. The summed E-state index contributed by atoms with van der Waals surface area (Å²) in [5.74, 6) is 3.21. The molecule has 1 fully saturated rings. The molecule has 1 aliphatic carbocycles. The maximum atomic E-state index is 9.87. The third-order valence-electron chi connectivity index (χ3n) is 6.25. The van der Waals surface area contributed by atoms with Crippen LogP contribution in [0.3, 0.4) is 0 Å². The number of anilines is 2. The zero-order chi connectivity index (χ0) is 20.4. The summed E-state index contributed by atoms with van der Waals surface area (Å²) in [4.78, 5) is 12.1. The Kier molecular flexibility index (Phi) is 6.04. The smallest absolute Gasteiger partial charge is 0.135 e. The predicted molar refractivity (Wildman–Crippen MR) is 118 cm³/mol. The number of benzene rings is 1. The lowest BCUT2D eigenvalue weighted by Crippen LogP contribution is -2.32. The molecule has 5 heteroatoms. The number of hydrogen-bond donors (Lipinski definition) is 2. The Morgan fingerprint density at radius 3 is 2.55 bits per heavy atom. The molecule has 0 bridgehead atoms. The first-order valence-corrected chi connectivity index (χ1v) is 11.2. The van der Waals surface area contributed by atoms with Gasteiger partial charge in [0.05, 0.1) is 6.10 Å². The van der Waals surface area contributed by atoms with E-state index in [1.165, 1.54) is 43.2 Å². The highest BCUT2D eigenvalue weighted by molar-refractivity contribution is 5.52. The van der Waals surface area contributed by atoms with Crippen LogP contribution in [0.1, 0.15) is 87.4 Å². The quantitative estimate of drug-likeness (QED) is 0.750. The molecule has 0 amide bonds. The maximum absolute atomic E-state index is 9.87. The summed E-state index contributed by atoms with van der Waals surface area (Å²) in [5, 5.41) is 13.6. The summed E-state index contributed by atoms with van der Waals surface area (Å²) in [5.41, 5.74) is 3.67. The maximum Gasteiger partial charge on any atom is 0.135 e. The molecule has 0 saturated heterocycles. The third-order valence-corrected chi connectivity index (χ3v) is 6.25. The van der Waals surface area contributed by atoms with Gasteiger partial charge in [0, 0.05) is 31.1 Å². The van der Waals surface area contributed by atoms with Gasteiger partial charge in [-0.1, -0.05) is 51.3 Å². The highest BCUT2D eigenvalue weighted by atomic mass is 16.3. The van der Waals surface area contributed by atoms with Gasteiger partial charge < -0.3 is 15.3 Å². The second-order valence-corrected chi connectivity index (χ2v) is 8.98. The van der Waals surface area contributed by atoms with Gasteiger partial charge in [-0.05, 0) is 42.9 Å². The molecule has 0 radical (unpaired) electrons. The van der Waals surface area contributed by atoms with Crippen LogP contribution in [0.15, 0.2) is 24.3 Å². The first-order chi connectivity index (χ1) is 14.0. The third kappa shape index (κ3) is 4.72. The van der Waals surface area contributed by atoms with Crippen LogP contribution < -0.4 is 10.2 Å². The van der Waals surface area contributed by atoms with Crippen molar-refractivity contribution in [3.8, 4) is 0 Å². The Morgan fingerprint density at radius 1 is 1.03 bits per heavy atom. The van der Waals surface area contributed by atoms with Gasteiger partial charge in [0.15, 0.2) is 0 Å². The number of nitrogens with zero attached hydrogens (tertiary/aromatic N) is 3. The van der Waals surface area contributed by atoms with E-state index < -0.39 is 6.10 Å². The van der Waals surface area contributed by atoms with Crippen molar-refractivity contribution in [3.63, 3.8) is 0 Å². The van der Waals surface area contributed by atoms with Crippen molar-refractivity contribution in [2.24, 2.45) is 0 Å². The number of aromatic nitrogens is 2. The molecule has 4 rings (SSSR count). The molecule has 2 heterocycles. The molecular formula is C24H34N4O. The molecule has 1 aliphatic heterocycles. The molecule has 5 nitrogen and oxygen atoms in total. The van der Waals surface area contributed by atoms with Crippen LogP contribution in [0.5, 0.6) is 0 Å². The minimum Gasteiger partial charge on any atom is -0.389 e. The summed E-state index contributed by atoms with van der Waals surface area (Å²) in [7, 11) is 0. The molecule has 2 N–H and O–H groups in total. The minimum atomic E-state index is -0.415. The molecule has 1 atom stereocenters. The summed E-state index contributed by atoms with van der Waals surface area (Å²) in [6.45, 7) is 7.94. The Labute approximate surface area is 174 Å². The van der Waals surface area contributed by atoms with E-state index in [0.717, 1.165) is 42.5 Å². The predicted octanol–water partition coefficient (Wildman–Crippen LogP) is 4.96. The van der Waals surface area contributed by atoms with E-state index in [4.69, 9.17) is 9.97 Å². The van der Waals surface area contributed by atoms with Crippen molar-refractivity contribution in [1.29, 1.82) is 0 Å². The van der Waals surface area contributed by atoms with E-state index >= 15 is 0 Å². The van der Waals surface area contributed by atoms with Gasteiger partial charge in [-0.3, -0.25) is 0 Å². The highest BCUT2D eigenvalue weighted by Crippen LogP contribution is 2.29. The van der Waals surface area contributed by atoms with Crippen molar-refractivity contribution in [3.05, 3.63) is 46.8 Å². The van der Waals surface area contributed by atoms with Gasteiger partial charge in [0.2, 0.25) is 0 Å². The molecule has 156 valence electrons. The Morgan fingerprint density at radius 2 is 1.83 bits per heavy atom. The van der Waals surface area contributed by atoms with Crippen molar-refractivity contribution < 1.29 is 5.11 Å². The molecule has 0 spiro atoms. The van der Waals surface area contributed by atoms with Crippen molar-refractivity contribution >= 4 is 11.6 Å². The van der Waals surface area contributed by atoms with Crippen molar-refractivity contribution in [2.45, 2.75) is 83.9 Å².